The topological polar surface area (TPSA) is 86.8 Å². The molecule has 1 fully saturated rings. The lowest BCUT2D eigenvalue weighted by molar-refractivity contribution is -0.129. The molecule has 10 heteroatoms. The van der Waals surface area contributed by atoms with Crippen LogP contribution in [-0.2, 0) is 14.8 Å². The molecule has 0 aromatic heterocycles. The highest BCUT2D eigenvalue weighted by atomic mass is 35.5. The number of hydrogen-bond donors (Lipinski definition) is 1. The zero-order valence-corrected chi connectivity index (χ0v) is 17.9. The standard InChI is InChI=1S/C19H19Cl2N3O4S/c1-13(25)23-7-9-24(10-8-23)29(27,28)16-4-2-3-14(11-16)19(26)22-18-6-5-15(20)12-17(18)21/h2-6,11-12H,7-10H2,1H3,(H,22,26). The third kappa shape index (κ3) is 4.90. The predicted octanol–water partition coefficient (Wildman–Crippen LogP) is 3.10. The van der Waals surface area contributed by atoms with Crippen LogP contribution in [0.5, 0.6) is 0 Å². The van der Waals surface area contributed by atoms with Crippen LogP contribution in [0.25, 0.3) is 0 Å². The van der Waals surface area contributed by atoms with Crippen molar-refractivity contribution in [3.63, 3.8) is 0 Å². The fraction of sp³-hybridized carbons (Fsp3) is 0.263. The molecule has 1 saturated heterocycles. The molecule has 29 heavy (non-hydrogen) atoms. The second-order valence-corrected chi connectivity index (χ2v) is 9.30. The summed E-state index contributed by atoms with van der Waals surface area (Å²) in [7, 11) is -3.78. The Labute approximate surface area is 179 Å². The number of carbonyl (C=O) groups is 2. The van der Waals surface area contributed by atoms with Gasteiger partial charge in [0.05, 0.1) is 15.6 Å². The minimum Gasteiger partial charge on any atom is -0.340 e. The molecule has 2 aromatic rings. The van der Waals surface area contributed by atoms with Gasteiger partial charge in [-0.3, -0.25) is 9.59 Å². The highest BCUT2D eigenvalue weighted by molar-refractivity contribution is 7.89. The lowest BCUT2D eigenvalue weighted by Crippen LogP contribution is -2.49. The smallest absolute Gasteiger partial charge is 0.255 e. The van der Waals surface area contributed by atoms with Crippen LogP contribution in [0, 0.1) is 0 Å². The maximum atomic E-state index is 12.9. The SMILES string of the molecule is CC(=O)N1CCN(S(=O)(=O)c2cccc(C(=O)Nc3ccc(Cl)cc3Cl)c2)CC1. The first-order chi connectivity index (χ1) is 13.7. The van der Waals surface area contributed by atoms with Crippen LogP contribution in [-0.4, -0.2) is 55.6 Å². The average molecular weight is 456 g/mol. The molecule has 2 aromatic carbocycles. The summed E-state index contributed by atoms with van der Waals surface area (Å²) >= 11 is 11.9. The molecule has 2 amide bonds. The van der Waals surface area contributed by atoms with Crippen LogP contribution in [0.1, 0.15) is 17.3 Å². The van der Waals surface area contributed by atoms with Gasteiger partial charge in [-0.25, -0.2) is 8.42 Å². The quantitative estimate of drug-likeness (QED) is 0.766. The summed E-state index contributed by atoms with van der Waals surface area (Å²) in [5.41, 5.74) is 0.550. The average Bonchev–Trinajstić information content (AvgIpc) is 2.70. The first-order valence-electron chi connectivity index (χ1n) is 8.80. The number of amides is 2. The van der Waals surface area contributed by atoms with Crippen molar-refractivity contribution in [3.05, 3.63) is 58.1 Å². The Bertz CT molecular complexity index is 1050. The summed E-state index contributed by atoms with van der Waals surface area (Å²) in [6.07, 6.45) is 0. The van der Waals surface area contributed by atoms with Gasteiger partial charge in [0.1, 0.15) is 0 Å². The molecule has 0 unspecified atom stereocenters. The largest absolute Gasteiger partial charge is 0.340 e. The van der Waals surface area contributed by atoms with Gasteiger partial charge in [-0.2, -0.15) is 4.31 Å². The Kier molecular flexibility index (Phi) is 6.48. The summed E-state index contributed by atoms with van der Waals surface area (Å²) in [6.45, 7) is 2.55. The van der Waals surface area contributed by atoms with Crippen LogP contribution in [0.3, 0.4) is 0 Å². The van der Waals surface area contributed by atoms with Crippen molar-refractivity contribution in [2.75, 3.05) is 31.5 Å². The lowest BCUT2D eigenvalue weighted by atomic mass is 10.2. The number of halogens is 2. The molecule has 1 aliphatic rings. The summed E-state index contributed by atoms with van der Waals surface area (Å²) < 4.78 is 27.2. The molecular weight excluding hydrogens is 437 g/mol. The summed E-state index contributed by atoms with van der Waals surface area (Å²) in [5.74, 6) is -0.575. The number of anilines is 1. The summed E-state index contributed by atoms with van der Waals surface area (Å²) in [4.78, 5) is 25.6. The number of nitrogens with zero attached hydrogens (tertiary/aromatic N) is 2. The Morgan fingerprint density at radius 3 is 2.31 bits per heavy atom. The van der Waals surface area contributed by atoms with Gasteiger partial charge in [-0.15, -0.1) is 0 Å². The second kappa shape index (κ2) is 8.71. The fourth-order valence-corrected chi connectivity index (χ4v) is 4.90. The minimum atomic E-state index is -3.78. The molecule has 0 bridgehead atoms. The van der Waals surface area contributed by atoms with Gasteiger partial charge in [0, 0.05) is 43.7 Å². The Balaban J connectivity index is 1.78. The zero-order chi connectivity index (χ0) is 21.2. The first-order valence-corrected chi connectivity index (χ1v) is 11.0. The van der Waals surface area contributed by atoms with E-state index in [2.05, 4.69) is 5.32 Å². The Hall–Kier alpha value is -2.13. The molecule has 1 aliphatic heterocycles. The minimum absolute atomic E-state index is 0.0172. The van der Waals surface area contributed by atoms with E-state index in [4.69, 9.17) is 23.2 Å². The first kappa shape index (κ1) is 21.6. The number of hydrogen-bond acceptors (Lipinski definition) is 4. The van der Waals surface area contributed by atoms with Gasteiger partial charge in [-0.1, -0.05) is 29.3 Å². The van der Waals surface area contributed by atoms with Crippen molar-refractivity contribution in [2.24, 2.45) is 0 Å². The molecule has 154 valence electrons. The van der Waals surface area contributed by atoms with Crippen molar-refractivity contribution in [3.8, 4) is 0 Å². The van der Waals surface area contributed by atoms with Crippen molar-refractivity contribution in [2.45, 2.75) is 11.8 Å². The van der Waals surface area contributed by atoms with Crippen molar-refractivity contribution < 1.29 is 18.0 Å². The lowest BCUT2D eigenvalue weighted by Gasteiger charge is -2.33. The molecular formula is C19H19Cl2N3O4S. The van der Waals surface area contributed by atoms with E-state index in [0.717, 1.165) is 0 Å². The number of rotatable bonds is 4. The van der Waals surface area contributed by atoms with E-state index in [9.17, 15) is 18.0 Å². The Morgan fingerprint density at radius 1 is 1.00 bits per heavy atom. The molecule has 0 radical (unpaired) electrons. The molecule has 0 saturated carbocycles. The van der Waals surface area contributed by atoms with Gasteiger partial charge >= 0.3 is 0 Å². The third-order valence-electron chi connectivity index (χ3n) is 4.60. The van der Waals surface area contributed by atoms with Gasteiger partial charge < -0.3 is 10.2 Å². The second-order valence-electron chi connectivity index (χ2n) is 6.52. The summed E-state index contributed by atoms with van der Waals surface area (Å²) in [6, 6.07) is 10.5. The van der Waals surface area contributed by atoms with Crippen LogP contribution < -0.4 is 5.32 Å². The third-order valence-corrected chi connectivity index (χ3v) is 7.04. The van der Waals surface area contributed by atoms with E-state index in [-0.39, 0.29) is 34.5 Å². The molecule has 1 N–H and O–H groups in total. The molecule has 0 atom stereocenters. The monoisotopic (exact) mass is 455 g/mol. The number of benzene rings is 2. The highest BCUT2D eigenvalue weighted by Gasteiger charge is 2.29. The van der Waals surface area contributed by atoms with Gasteiger partial charge in [0.15, 0.2) is 0 Å². The predicted molar refractivity (Wildman–Crippen MR) is 112 cm³/mol. The maximum Gasteiger partial charge on any atom is 0.255 e. The molecule has 3 rings (SSSR count). The fourth-order valence-electron chi connectivity index (χ4n) is 2.98. The molecule has 7 nitrogen and oxygen atoms in total. The summed E-state index contributed by atoms with van der Waals surface area (Å²) in [5, 5.41) is 3.36. The van der Waals surface area contributed by atoms with Crippen molar-refractivity contribution in [1.82, 2.24) is 9.21 Å². The highest BCUT2D eigenvalue weighted by Crippen LogP contribution is 2.26. The van der Waals surface area contributed by atoms with E-state index in [1.807, 2.05) is 0 Å². The van der Waals surface area contributed by atoms with E-state index in [1.54, 1.807) is 17.0 Å². The van der Waals surface area contributed by atoms with Crippen LogP contribution in [0.4, 0.5) is 5.69 Å². The number of carbonyl (C=O) groups excluding carboxylic acids is 2. The van der Waals surface area contributed by atoms with Crippen LogP contribution in [0.15, 0.2) is 47.4 Å². The molecule has 1 heterocycles. The Morgan fingerprint density at radius 2 is 1.69 bits per heavy atom. The normalized spacial score (nSPS) is 15.2. The van der Waals surface area contributed by atoms with Crippen molar-refractivity contribution >= 4 is 50.7 Å². The van der Waals surface area contributed by atoms with E-state index in [1.165, 1.54) is 41.6 Å². The van der Waals surface area contributed by atoms with E-state index in [0.29, 0.717) is 23.8 Å². The molecule has 0 spiro atoms. The van der Waals surface area contributed by atoms with Crippen molar-refractivity contribution in [1.29, 1.82) is 0 Å². The van der Waals surface area contributed by atoms with Gasteiger partial charge in [0.25, 0.3) is 5.91 Å². The number of sulfonamides is 1. The maximum absolute atomic E-state index is 12.9. The van der Waals surface area contributed by atoms with E-state index < -0.39 is 15.9 Å². The van der Waals surface area contributed by atoms with Crippen LogP contribution in [0.2, 0.25) is 10.0 Å². The van der Waals surface area contributed by atoms with Gasteiger partial charge in [0.2, 0.25) is 15.9 Å². The van der Waals surface area contributed by atoms with Gasteiger partial charge in [-0.05, 0) is 36.4 Å². The van der Waals surface area contributed by atoms with E-state index >= 15 is 0 Å². The van der Waals surface area contributed by atoms with Crippen LogP contribution >= 0.6 is 23.2 Å². The zero-order valence-electron chi connectivity index (χ0n) is 15.6. The number of nitrogens with one attached hydrogen (secondary N) is 1. The molecule has 0 aliphatic carbocycles. The number of piperazine rings is 1.